The monoisotopic (exact) mass is 239 g/mol. The fourth-order valence-corrected chi connectivity index (χ4v) is 4.08. The molecular weight excluding hydrogens is 225 g/mol. The second-order valence-electron chi connectivity index (χ2n) is 3.16. The second kappa shape index (κ2) is 5.42. The highest BCUT2D eigenvalue weighted by Gasteiger charge is 2.27. The number of hydrogen-bond donors (Lipinski definition) is 0. The summed E-state index contributed by atoms with van der Waals surface area (Å²) in [6.07, 6.45) is -2.19. The van der Waals surface area contributed by atoms with Gasteiger partial charge in [-0.2, -0.15) is 5.26 Å². The van der Waals surface area contributed by atoms with Gasteiger partial charge >= 0.3 is 0 Å². The van der Waals surface area contributed by atoms with Crippen molar-refractivity contribution in [2.45, 2.75) is 19.5 Å². The van der Waals surface area contributed by atoms with Crippen LogP contribution in [-0.4, -0.2) is 12.3 Å². The van der Waals surface area contributed by atoms with Gasteiger partial charge in [-0.15, -0.1) is 0 Å². The maximum absolute atomic E-state index is 8.99. The molecule has 0 aromatic heterocycles. The van der Waals surface area contributed by atoms with Crippen LogP contribution in [0.25, 0.3) is 0 Å². The van der Waals surface area contributed by atoms with Crippen molar-refractivity contribution in [2.75, 3.05) is 6.61 Å². The smallest absolute Gasteiger partial charge is 0.111 e. The van der Waals surface area contributed by atoms with Crippen molar-refractivity contribution in [3.8, 4) is 6.07 Å². The van der Waals surface area contributed by atoms with E-state index in [4.69, 9.17) is 21.6 Å². The Balaban J connectivity index is 3.14. The maximum Gasteiger partial charge on any atom is 0.111 e. The number of benzene rings is 1. The van der Waals surface area contributed by atoms with Crippen LogP contribution in [0.15, 0.2) is 30.3 Å². The highest BCUT2D eigenvalue weighted by atomic mass is 32.4. The average molecular weight is 239 g/mol. The zero-order valence-corrected chi connectivity index (χ0v) is 10.6. The summed E-state index contributed by atoms with van der Waals surface area (Å²) < 4.78 is 5.67. The number of nitrogens with zero attached hydrogens (tertiary/aromatic N) is 1. The van der Waals surface area contributed by atoms with Crippen LogP contribution in [0.2, 0.25) is 0 Å². The third-order valence-electron chi connectivity index (χ3n) is 2.13. The molecule has 0 saturated heterocycles. The van der Waals surface area contributed by atoms with Crippen molar-refractivity contribution < 1.29 is 4.52 Å². The predicted octanol–water partition coefficient (Wildman–Crippen LogP) is 2.65. The minimum atomic E-state index is -2.19. The first-order chi connectivity index (χ1) is 7.15. The molecule has 2 unspecified atom stereocenters. The van der Waals surface area contributed by atoms with E-state index in [-0.39, 0.29) is 5.66 Å². The molecule has 0 aliphatic rings. The summed E-state index contributed by atoms with van der Waals surface area (Å²) in [4.78, 5) is 0. The van der Waals surface area contributed by atoms with Gasteiger partial charge in [-0.1, -0.05) is 42.1 Å². The SMILES string of the molecule is CCOP(=S)(c1ccccc1)C(C)C#N. The lowest BCUT2D eigenvalue weighted by Gasteiger charge is -2.24. The molecule has 0 heterocycles. The Labute approximate surface area is 96.0 Å². The van der Waals surface area contributed by atoms with Crippen molar-refractivity contribution in [3.05, 3.63) is 30.3 Å². The van der Waals surface area contributed by atoms with Gasteiger partial charge in [0.15, 0.2) is 0 Å². The minimum Gasteiger partial charge on any atom is -0.345 e. The summed E-state index contributed by atoms with van der Waals surface area (Å²) in [5.41, 5.74) is -0.241. The van der Waals surface area contributed by atoms with E-state index in [2.05, 4.69) is 6.07 Å². The van der Waals surface area contributed by atoms with E-state index in [1.165, 1.54) is 0 Å². The summed E-state index contributed by atoms with van der Waals surface area (Å²) in [6, 6.07) is 11.9. The van der Waals surface area contributed by atoms with Crippen LogP contribution in [0.4, 0.5) is 0 Å². The molecular formula is C11H14NOPS. The lowest BCUT2D eigenvalue weighted by molar-refractivity contribution is 0.379. The minimum absolute atomic E-state index is 0.241. The van der Waals surface area contributed by atoms with Gasteiger partial charge in [0, 0.05) is 11.9 Å². The van der Waals surface area contributed by atoms with Crippen LogP contribution in [0.1, 0.15) is 13.8 Å². The van der Waals surface area contributed by atoms with Crippen molar-refractivity contribution in [3.63, 3.8) is 0 Å². The Morgan fingerprint density at radius 1 is 1.47 bits per heavy atom. The molecule has 80 valence electrons. The van der Waals surface area contributed by atoms with Gasteiger partial charge in [0.05, 0.1) is 11.7 Å². The molecule has 1 aromatic carbocycles. The zero-order chi connectivity index (χ0) is 11.3. The molecule has 2 atom stereocenters. The van der Waals surface area contributed by atoms with Gasteiger partial charge in [-0.3, -0.25) is 0 Å². The normalized spacial score (nSPS) is 16.3. The standard InChI is InChI=1S/C11H14NOPS/c1-3-13-14(15,10(2)9-12)11-7-5-4-6-8-11/h4-8,10H,3H2,1-2H3. The highest BCUT2D eigenvalue weighted by molar-refractivity contribution is 8.16. The van der Waals surface area contributed by atoms with Crippen molar-refractivity contribution in [2.24, 2.45) is 0 Å². The quantitative estimate of drug-likeness (QED) is 0.757. The first kappa shape index (κ1) is 12.4. The molecule has 4 heteroatoms. The number of rotatable bonds is 4. The van der Waals surface area contributed by atoms with Gasteiger partial charge in [0.2, 0.25) is 0 Å². The molecule has 0 saturated carbocycles. The predicted molar refractivity (Wildman–Crippen MR) is 67.1 cm³/mol. The maximum atomic E-state index is 8.99. The molecule has 0 aliphatic heterocycles. The second-order valence-corrected chi connectivity index (χ2v) is 7.53. The molecule has 0 bridgehead atoms. The van der Waals surface area contributed by atoms with Crippen LogP contribution < -0.4 is 5.30 Å². The summed E-state index contributed by atoms with van der Waals surface area (Å²) in [5, 5.41) is 9.97. The first-order valence-electron chi connectivity index (χ1n) is 4.84. The Kier molecular flexibility index (Phi) is 4.47. The van der Waals surface area contributed by atoms with Gasteiger partial charge in [0.1, 0.15) is 6.26 Å². The Bertz CT molecular complexity index is 399. The van der Waals surface area contributed by atoms with E-state index in [1.54, 1.807) is 0 Å². The van der Waals surface area contributed by atoms with Crippen molar-refractivity contribution in [1.29, 1.82) is 5.26 Å². The Morgan fingerprint density at radius 3 is 2.53 bits per heavy atom. The molecule has 2 nitrogen and oxygen atoms in total. The van der Waals surface area contributed by atoms with E-state index in [9.17, 15) is 0 Å². The van der Waals surface area contributed by atoms with Crippen LogP contribution in [0.3, 0.4) is 0 Å². The van der Waals surface area contributed by atoms with Gasteiger partial charge < -0.3 is 4.52 Å². The van der Waals surface area contributed by atoms with Crippen molar-refractivity contribution in [1.82, 2.24) is 0 Å². The molecule has 0 N–H and O–H groups in total. The fraction of sp³-hybridized carbons (Fsp3) is 0.364. The first-order valence-corrected chi connectivity index (χ1v) is 7.63. The topological polar surface area (TPSA) is 33.0 Å². The van der Waals surface area contributed by atoms with Gasteiger partial charge in [0.25, 0.3) is 0 Å². The molecule has 1 rings (SSSR count). The average Bonchev–Trinajstić information content (AvgIpc) is 2.29. The molecule has 0 aliphatic carbocycles. The number of hydrogen-bond acceptors (Lipinski definition) is 3. The molecule has 1 aromatic rings. The highest BCUT2D eigenvalue weighted by Crippen LogP contribution is 2.50. The van der Waals surface area contributed by atoms with Crippen LogP contribution in [0, 0.1) is 11.3 Å². The van der Waals surface area contributed by atoms with E-state index >= 15 is 0 Å². The largest absolute Gasteiger partial charge is 0.345 e. The molecule has 0 spiro atoms. The van der Waals surface area contributed by atoms with E-state index in [1.807, 2.05) is 44.2 Å². The summed E-state index contributed by atoms with van der Waals surface area (Å²) in [5.74, 6) is 0. The van der Waals surface area contributed by atoms with Crippen LogP contribution in [0.5, 0.6) is 0 Å². The lowest BCUT2D eigenvalue weighted by atomic mass is 10.4. The van der Waals surface area contributed by atoms with Crippen LogP contribution in [-0.2, 0) is 16.3 Å². The summed E-state index contributed by atoms with van der Waals surface area (Å²) in [6.45, 7) is 4.30. The fourth-order valence-electron chi connectivity index (χ4n) is 1.31. The van der Waals surface area contributed by atoms with Crippen molar-refractivity contribution >= 4 is 23.4 Å². The lowest BCUT2D eigenvalue weighted by Crippen LogP contribution is -2.15. The van der Waals surface area contributed by atoms with E-state index in [0.717, 1.165) is 5.30 Å². The Morgan fingerprint density at radius 2 is 2.07 bits per heavy atom. The van der Waals surface area contributed by atoms with E-state index < -0.39 is 6.26 Å². The third-order valence-corrected chi connectivity index (χ3v) is 6.83. The molecule has 0 amide bonds. The molecule has 15 heavy (non-hydrogen) atoms. The Hall–Kier alpha value is -0.680. The van der Waals surface area contributed by atoms with Gasteiger partial charge in [-0.25, -0.2) is 0 Å². The summed E-state index contributed by atoms with van der Waals surface area (Å²) >= 11 is 5.56. The molecule has 0 radical (unpaired) electrons. The van der Waals surface area contributed by atoms with Gasteiger partial charge in [-0.05, 0) is 13.8 Å². The molecule has 0 fully saturated rings. The van der Waals surface area contributed by atoms with Crippen LogP contribution >= 0.6 is 6.26 Å². The number of nitriles is 1. The summed E-state index contributed by atoms with van der Waals surface area (Å²) in [7, 11) is 0. The van der Waals surface area contributed by atoms with E-state index in [0.29, 0.717) is 6.61 Å². The third kappa shape index (κ3) is 2.66. The zero-order valence-electron chi connectivity index (χ0n) is 8.88.